The Hall–Kier alpha value is -1.03. The molecule has 1 rings (SSSR count). The van der Waals surface area contributed by atoms with Gasteiger partial charge in [0.15, 0.2) is 0 Å². The topological polar surface area (TPSA) is 62.8 Å². The summed E-state index contributed by atoms with van der Waals surface area (Å²) in [5.74, 6) is 1.78. The van der Waals surface area contributed by atoms with Crippen LogP contribution in [0.5, 0.6) is 0 Å². The molecule has 0 spiro atoms. The number of hydrogen-bond acceptors (Lipinski definition) is 3. The first-order valence-electron chi connectivity index (χ1n) is 4.95. The number of amidine groups is 1. The summed E-state index contributed by atoms with van der Waals surface area (Å²) in [6, 6.07) is 3.71. The molecule has 1 heterocycles. The van der Waals surface area contributed by atoms with E-state index in [0.29, 0.717) is 5.92 Å². The zero-order chi connectivity index (χ0) is 11.4. The average molecular weight is 223 g/mol. The van der Waals surface area contributed by atoms with Gasteiger partial charge in [-0.1, -0.05) is 13.8 Å². The summed E-state index contributed by atoms with van der Waals surface area (Å²) in [6.45, 7) is 6.27. The number of nitrogens with two attached hydrogens (primary N) is 1. The van der Waals surface area contributed by atoms with E-state index >= 15 is 0 Å². The van der Waals surface area contributed by atoms with E-state index in [1.54, 1.807) is 11.8 Å². The fraction of sp³-hybridized carbons (Fsp3) is 0.455. The molecule has 0 radical (unpaired) electrons. The number of nitrogens with zero attached hydrogens (tertiary/aromatic N) is 1. The lowest BCUT2D eigenvalue weighted by Gasteiger charge is -2.07. The van der Waals surface area contributed by atoms with Gasteiger partial charge in [0.2, 0.25) is 0 Å². The molecule has 0 fully saturated rings. The second-order valence-electron chi connectivity index (χ2n) is 3.95. The molecule has 0 unspecified atom stereocenters. The smallest absolute Gasteiger partial charge is 0.122 e. The SMILES string of the molecule is Cc1cc(C(=N)N)cc(SCC(C)C)n1. The van der Waals surface area contributed by atoms with Crippen LogP contribution < -0.4 is 5.73 Å². The molecule has 3 N–H and O–H groups in total. The highest BCUT2D eigenvalue weighted by Gasteiger charge is 2.04. The van der Waals surface area contributed by atoms with Gasteiger partial charge in [-0.15, -0.1) is 11.8 Å². The number of nitrogen functional groups attached to an aromatic ring is 1. The van der Waals surface area contributed by atoms with Gasteiger partial charge in [0.05, 0.1) is 5.03 Å². The summed E-state index contributed by atoms with van der Waals surface area (Å²) < 4.78 is 0. The summed E-state index contributed by atoms with van der Waals surface area (Å²) in [7, 11) is 0. The lowest BCUT2D eigenvalue weighted by Crippen LogP contribution is -2.11. The van der Waals surface area contributed by atoms with Gasteiger partial charge in [-0.2, -0.15) is 0 Å². The van der Waals surface area contributed by atoms with Crippen molar-refractivity contribution in [3.8, 4) is 0 Å². The van der Waals surface area contributed by atoms with Gasteiger partial charge in [-0.05, 0) is 25.0 Å². The van der Waals surface area contributed by atoms with Gasteiger partial charge in [-0.3, -0.25) is 5.41 Å². The van der Waals surface area contributed by atoms with Gasteiger partial charge in [-0.25, -0.2) is 4.98 Å². The molecule has 1 aromatic heterocycles. The standard InChI is InChI=1S/C11H17N3S/c1-7(2)6-15-10-5-9(11(12)13)4-8(3)14-10/h4-5,7H,6H2,1-3H3,(H3,12,13). The maximum atomic E-state index is 7.39. The second kappa shape index (κ2) is 5.16. The predicted molar refractivity (Wildman–Crippen MR) is 65.6 cm³/mol. The number of nitrogens with one attached hydrogen (secondary N) is 1. The first-order chi connectivity index (χ1) is 6.99. The van der Waals surface area contributed by atoms with Crippen molar-refractivity contribution in [3.63, 3.8) is 0 Å². The number of hydrogen-bond donors (Lipinski definition) is 2. The lowest BCUT2D eigenvalue weighted by molar-refractivity contribution is 0.749. The molecular weight excluding hydrogens is 206 g/mol. The van der Waals surface area contributed by atoms with Crippen LogP contribution in [-0.2, 0) is 0 Å². The van der Waals surface area contributed by atoms with Crippen molar-refractivity contribution in [2.24, 2.45) is 11.7 Å². The van der Waals surface area contributed by atoms with Crippen LogP contribution in [0.1, 0.15) is 25.1 Å². The van der Waals surface area contributed by atoms with Crippen molar-refractivity contribution >= 4 is 17.6 Å². The Labute approximate surface area is 95.0 Å². The van der Waals surface area contributed by atoms with E-state index in [2.05, 4.69) is 18.8 Å². The van der Waals surface area contributed by atoms with Crippen LogP contribution in [0.25, 0.3) is 0 Å². The van der Waals surface area contributed by atoms with Crippen LogP contribution in [-0.4, -0.2) is 16.6 Å². The number of aryl methyl sites for hydroxylation is 1. The third-order valence-corrected chi connectivity index (χ3v) is 3.14. The largest absolute Gasteiger partial charge is 0.384 e. The molecule has 1 aromatic rings. The monoisotopic (exact) mass is 223 g/mol. The van der Waals surface area contributed by atoms with E-state index in [9.17, 15) is 0 Å². The molecule has 0 atom stereocenters. The second-order valence-corrected chi connectivity index (χ2v) is 4.99. The van der Waals surface area contributed by atoms with E-state index in [0.717, 1.165) is 22.0 Å². The van der Waals surface area contributed by atoms with Crippen molar-refractivity contribution < 1.29 is 0 Å². The number of aromatic nitrogens is 1. The molecule has 4 heteroatoms. The molecule has 82 valence electrons. The zero-order valence-electron chi connectivity index (χ0n) is 9.37. The third kappa shape index (κ3) is 3.91. The van der Waals surface area contributed by atoms with Crippen molar-refractivity contribution in [2.45, 2.75) is 25.8 Å². The van der Waals surface area contributed by atoms with Gasteiger partial charge in [0, 0.05) is 17.0 Å². The molecule has 0 aliphatic rings. The minimum atomic E-state index is 0.104. The predicted octanol–water partition coefficient (Wildman–Crippen LogP) is 2.42. The van der Waals surface area contributed by atoms with Gasteiger partial charge in [0.1, 0.15) is 5.84 Å². The number of pyridine rings is 1. The quantitative estimate of drug-likeness (QED) is 0.468. The molecule has 0 aliphatic carbocycles. The molecule has 0 saturated heterocycles. The Kier molecular flexibility index (Phi) is 4.15. The van der Waals surface area contributed by atoms with Crippen molar-refractivity contribution in [2.75, 3.05) is 5.75 Å². The van der Waals surface area contributed by atoms with Crippen molar-refractivity contribution in [3.05, 3.63) is 23.4 Å². The zero-order valence-corrected chi connectivity index (χ0v) is 10.2. The molecule has 15 heavy (non-hydrogen) atoms. The maximum absolute atomic E-state index is 7.39. The van der Waals surface area contributed by atoms with Gasteiger partial charge < -0.3 is 5.73 Å². The normalized spacial score (nSPS) is 10.7. The van der Waals surface area contributed by atoms with E-state index in [1.807, 2.05) is 19.1 Å². The Morgan fingerprint density at radius 2 is 2.20 bits per heavy atom. The van der Waals surface area contributed by atoms with E-state index in [4.69, 9.17) is 11.1 Å². The highest BCUT2D eigenvalue weighted by atomic mass is 32.2. The molecular formula is C11H17N3S. The Bertz CT molecular complexity index is 361. The molecule has 0 bridgehead atoms. The highest BCUT2D eigenvalue weighted by molar-refractivity contribution is 7.99. The minimum absolute atomic E-state index is 0.104. The molecule has 0 saturated carbocycles. The Balaban J connectivity index is 2.84. The van der Waals surface area contributed by atoms with Crippen LogP contribution >= 0.6 is 11.8 Å². The summed E-state index contributed by atoms with van der Waals surface area (Å²) >= 11 is 1.71. The average Bonchev–Trinajstić information content (AvgIpc) is 2.13. The summed E-state index contributed by atoms with van der Waals surface area (Å²) in [6.07, 6.45) is 0. The van der Waals surface area contributed by atoms with Crippen LogP contribution in [0.3, 0.4) is 0 Å². The first-order valence-corrected chi connectivity index (χ1v) is 5.93. The maximum Gasteiger partial charge on any atom is 0.122 e. The molecule has 0 aromatic carbocycles. The lowest BCUT2D eigenvalue weighted by atomic mass is 10.2. The summed E-state index contributed by atoms with van der Waals surface area (Å²) in [4.78, 5) is 4.40. The fourth-order valence-corrected chi connectivity index (χ4v) is 2.04. The first kappa shape index (κ1) is 12.0. The van der Waals surface area contributed by atoms with Gasteiger partial charge in [0.25, 0.3) is 0 Å². The van der Waals surface area contributed by atoms with E-state index in [1.165, 1.54) is 0 Å². The third-order valence-electron chi connectivity index (χ3n) is 1.81. The van der Waals surface area contributed by atoms with Crippen molar-refractivity contribution in [1.29, 1.82) is 5.41 Å². The summed E-state index contributed by atoms with van der Waals surface area (Å²) in [5, 5.41) is 8.34. The number of thioether (sulfide) groups is 1. The Morgan fingerprint density at radius 3 is 2.73 bits per heavy atom. The highest BCUT2D eigenvalue weighted by Crippen LogP contribution is 2.20. The molecule has 3 nitrogen and oxygen atoms in total. The van der Waals surface area contributed by atoms with Crippen LogP contribution in [0.4, 0.5) is 0 Å². The minimum Gasteiger partial charge on any atom is -0.384 e. The van der Waals surface area contributed by atoms with E-state index in [-0.39, 0.29) is 5.84 Å². The fourth-order valence-electron chi connectivity index (χ4n) is 1.12. The van der Waals surface area contributed by atoms with Crippen LogP contribution in [0, 0.1) is 18.3 Å². The van der Waals surface area contributed by atoms with Crippen LogP contribution in [0.2, 0.25) is 0 Å². The van der Waals surface area contributed by atoms with Gasteiger partial charge >= 0.3 is 0 Å². The van der Waals surface area contributed by atoms with Crippen LogP contribution in [0.15, 0.2) is 17.2 Å². The summed E-state index contributed by atoms with van der Waals surface area (Å²) in [5.41, 5.74) is 7.12. The molecule has 0 aliphatic heterocycles. The van der Waals surface area contributed by atoms with E-state index < -0.39 is 0 Å². The number of rotatable bonds is 4. The van der Waals surface area contributed by atoms with Crippen molar-refractivity contribution in [1.82, 2.24) is 4.98 Å². The molecule has 0 amide bonds. The Morgan fingerprint density at radius 1 is 1.53 bits per heavy atom.